The van der Waals surface area contributed by atoms with Crippen LogP contribution in [0.3, 0.4) is 0 Å². The Morgan fingerprint density at radius 3 is 2.67 bits per heavy atom. The number of amidine groups is 1. The third-order valence-corrected chi connectivity index (χ3v) is 5.68. The first kappa shape index (κ1) is 22.4. The quantitative estimate of drug-likeness (QED) is 0.656. The second-order valence-corrected chi connectivity index (χ2v) is 8.15. The number of nitrogens with one attached hydrogen (secondary N) is 2. The van der Waals surface area contributed by atoms with Crippen LogP contribution < -0.4 is 25.0 Å². The number of benzene rings is 2. The normalized spacial score (nSPS) is 15.6. The molecule has 0 saturated carbocycles. The van der Waals surface area contributed by atoms with E-state index in [1.165, 1.54) is 4.90 Å². The number of fused-ring (bicyclic) bond motifs is 1. The minimum absolute atomic E-state index is 0.0804. The van der Waals surface area contributed by atoms with E-state index in [0.29, 0.717) is 28.9 Å². The first-order chi connectivity index (χ1) is 15.9. The van der Waals surface area contributed by atoms with Gasteiger partial charge in [-0.3, -0.25) is 19.8 Å². The highest BCUT2D eigenvalue weighted by Gasteiger charge is 2.32. The molecule has 0 aromatic heterocycles. The van der Waals surface area contributed by atoms with E-state index in [2.05, 4.69) is 15.6 Å². The van der Waals surface area contributed by atoms with Crippen molar-refractivity contribution >= 4 is 46.5 Å². The van der Waals surface area contributed by atoms with Gasteiger partial charge in [0.1, 0.15) is 5.70 Å². The molecule has 2 aromatic rings. The molecule has 2 aliphatic rings. The smallest absolute Gasteiger partial charge is 0.321 e. The van der Waals surface area contributed by atoms with E-state index in [-0.39, 0.29) is 24.2 Å². The molecule has 9 nitrogen and oxygen atoms in total. The Morgan fingerprint density at radius 1 is 1.15 bits per heavy atom. The maximum absolute atomic E-state index is 13.3. The maximum atomic E-state index is 13.3. The zero-order chi connectivity index (χ0) is 23.4. The monoisotopic (exact) mass is 466 g/mol. The topological polar surface area (TPSA) is 109 Å². The molecular formula is C23H22N4O5S. The van der Waals surface area contributed by atoms with Crippen molar-refractivity contribution < 1.29 is 23.9 Å². The summed E-state index contributed by atoms with van der Waals surface area (Å²) in [5, 5.41) is 5.09. The Kier molecular flexibility index (Phi) is 6.64. The van der Waals surface area contributed by atoms with Crippen molar-refractivity contribution in [1.29, 1.82) is 0 Å². The van der Waals surface area contributed by atoms with Gasteiger partial charge in [-0.2, -0.15) is 0 Å². The van der Waals surface area contributed by atoms with Crippen LogP contribution in [-0.4, -0.2) is 42.1 Å². The first-order valence-electron chi connectivity index (χ1n) is 10.3. The number of aryl methyl sites for hydroxylation is 1. The number of thioether (sulfide) groups is 1. The molecule has 0 unspecified atom stereocenters. The van der Waals surface area contributed by atoms with E-state index in [1.807, 2.05) is 37.3 Å². The third-order valence-electron chi connectivity index (χ3n) is 4.74. The lowest BCUT2D eigenvalue weighted by atomic mass is 10.1. The van der Waals surface area contributed by atoms with Gasteiger partial charge in [0.2, 0.25) is 12.7 Å². The number of amides is 4. The maximum Gasteiger partial charge on any atom is 0.321 e. The number of nitrogens with zero attached hydrogens (tertiary/aromatic N) is 2. The lowest BCUT2D eigenvalue weighted by Gasteiger charge is -2.17. The van der Waals surface area contributed by atoms with Crippen molar-refractivity contribution in [3.8, 4) is 11.5 Å². The van der Waals surface area contributed by atoms with Crippen LogP contribution in [0.5, 0.6) is 11.5 Å². The van der Waals surface area contributed by atoms with Crippen molar-refractivity contribution in [2.75, 3.05) is 24.0 Å². The van der Waals surface area contributed by atoms with Crippen molar-refractivity contribution in [3.05, 3.63) is 59.3 Å². The van der Waals surface area contributed by atoms with Crippen molar-refractivity contribution in [2.24, 2.45) is 4.99 Å². The Labute approximate surface area is 194 Å². The number of rotatable bonds is 5. The number of ether oxygens (including phenoxy) is 2. The van der Waals surface area contributed by atoms with Gasteiger partial charge < -0.3 is 14.8 Å². The van der Waals surface area contributed by atoms with Crippen LogP contribution in [0, 0.1) is 6.92 Å². The molecule has 0 radical (unpaired) electrons. The van der Waals surface area contributed by atoms with Crippen LogP contribution >= 0.6 is 11.8 Å². The fourth-order valence-corrected chi connectivity index (χ4v) is 3.99. The molecule has 0 fully saturated rings. The van der Waals surface area contributed by atoms with E-state index >= 15 is 0 Å². The molecule has 2 heterocycles. The van der Waals surface area contributed by atoms with Crippen molar-refractivity contribution in [2.45, 2.75) is 13.8 Å². The van der Waals surface area contributed by atoms with Crippen molar-refractivity contribution in [1.82, 2.24) is 10.6 Å². The van der Waals surface area contributed by atoms with Gasteiger partial charge in [-0.15, -0.1) is 0 Å². The summed E-state index contributed by atoms with van der Waals surface area (Å²) in [5.41, 5.74) is 2.64. The van der Waals surface area contributed by atoms with Gasteiger partial charge in [0.15, 0.2) is 16.7 Å². The zero-order valence-electron chi connectivity index (χ0n) is 18.1. The molecule has 33 heavy (non-hydrogen) atoms. The fourth-order valence-electron chi connectivity index (χ4n) is 3.17. The summed E-state index contributed by atoms with van der Waals surface area (Å²) in [4.78, 5) is 42.9. The zero-order valence-corrected chi connectivity index (χ0v) is 18.9. The van der Waals surface area contributed by atoms with Gasteiger partial charge in [-0.1, -0.05) is 35.5 Å². The second kappa shape index (κ2) is 9.78. The first-order valence-corrected chi connectivity index (χ1v) is 11.2. The highest BCUT2D eigenvalue weighted by molar-refractivity contribution is 8.14. The highest BCUT2D eigenvalue weighted by Crippen LogP contribution is 2.34. The van der Waals surface area contributed by atoms with Gasteiger partial charge in [-0.25, -0.2) is 9.79 Å². The molecule has 4 rings (SSSR count). The predicted molar refractivity (Wildman–Crippen MR) is 126 cm³/mol. The number of anilines is 1. The SMILES string of the molecule is CCNC(=O)NC(=O)CSC1=N/C(=C\c2ccc3c(c2)OCO3)C(=O)N1c1ccc(C)cc1. The molecule has 4 amide bonds. The Bertz CT molecular complexity index is 1160. The summed E-state index contributed by atoms with van der Waals surface area (Å²) in [5.74, 6) is 0.365. The molecule has 0 atom stereocenters. The highest BCUT2D eigenvalue weighted by atomic mass is 32.2. The Hall–Kier alpha value is -3.79. The molecule has 2 aromatic carbocycles. The Morgan fingerprint density at radius 2 is 1.91 bits per heavy atom. The van der Waals surface area contributed by atoms with E-state index in [9.17, 15) is 14.4 Å². The average molecular weight is 467 g/mol. The number of hydrogen-bond acceptors (Lipinski definition) is 7. The van der Waals surface area contributed by atoms with Gasteiger partial charge in [0.25, 0.3) is 5.91 Å². The number of imide groups is 1. The number of hydrogen-bond donors (Lipinski definition) is 2. The number of carbonyl (C=O) groups is 3. The summed E-state index contributed by atoms with van der Waals surface area (Å²) in [6.45, 7) is 4.27. The van der Waals surface area contributed by atoms with Crippen LogP contribution in [0.2, 0.25) is 0 Å². The summed E-state index contributed by atoms with van der Waals surface area (Å²) >= 11 is 1.08. The lowest BCUT2D eigenvalue weighted by molar-refractivity contribution is -0.117. The molecular weight excluding hydrogens is 444 g/mol. The van der Waals surface area contributed by atoms with Gasteiger partial charge in [0.05, 0.1) is 11.4 Å². The number of carbonyl (C=O) groups excluding carboxylic acids is 3. The fraction of sp³-hybridized carbons (Fsp3) is 0.217. The lowest BCUT2D eigenvalue weighted by Crippen LogP contribution is -2.40. The largest absolute Gasteiger partial charge is 0.454 e. The molecule has 170 valence electrons. The standard InChI is InChI=1S/C23H22N4O5S/c1-3-24-22(30)26-20(28)12-33-23-25-17(10-15-6-9-18-19(11-15)32-13-31-18)21(29)27(23)16-7-4-14(2)5-8-16/h4-11H,3,12-13H2,1-2H3,(H2,24,26,28,30)/b17-10-. The van der Waals surface area contributed by atoms with E-state index in [4.69, 9.17) is 9.47 Å². The van der Waals surface area contributed by atoms with Crippen LogP contribution in [-0.2, 0) is 9.59 Å². The van der Waals surface area contributed by atoms with E-state index in [1.54, 1.807) is 25.1 Å². The predicted octanol–water partition coefficient (Wildman–Crippen LogP) is 3.05. The van der Waals surface area contributed by atoms with Crippen LogP contribution in [0.1, 0.15) is 18.1 Å². The minimum Gasteiger partial charge on any atom is -0.454 e. The summed E-state index contributed by atoms with van der Waals surface area (Å²) in [7, 11) is 0. The Balaban J connectivity index is 1.58. The van der Waals surface area contributed by atoms with Crippen LogP contribution in [0.15, 0.2) is 53.2 Å². The minimum atomic E-state index is -0.564. The summed E-state index contributed by atoms with van der Waals surface area (Å²) < 4.78 is 10.7. The molecule has 2 N–H and O–H groups in total. The second-order valence-electron chi connectivity index (χ2n) is 7.21. The van der Waals surface area contributed by atoms with Gasteiger partial charge in [0, 0.05) is 6.54 Å². The molecule has 10 heteroatoms. The molecule has 2 aliphatic heterocycles. The van der Waals surface area contributed by atoms with Crippen LogP contribution in [0.25, 0.3) is 6.08 Å². The van der Waals surface area contributed by atoms with Gasteiger partial charge in [-0.05, 0) is 49.8 Å². The number of aliphatic imine (C=N–C) groups is 1. The molecule has 0 saturated heterocycles. The molecule has 0 aliphatic carbocycles. The third kappa shape index (κ3) is 5.17. The van der Waals surface area contributed by atoms with Crippen LogP contribution in [0.4, 0.5) is 10.5 Å². The van der Waals surface area contributed by atoms with Gasteiger partial charge >= 0.3 is 6.03 Å². The number of urea groups is 1. The van der Waals surface area contributed by atoms with E-state index < -0.39 is 11.9 Å². The van der Waals surface area contributed by atoms with E-state index in [0.717, 1.165) is 22.9 Å². The molecule has 0 bridgehead atoms. The van der Waals surface area contributed by atoms with Crippen molar-refractivity contribution in [3.63, 3.8) is 0 Å². The summed E-state index contributed by atoms with van der Waals surface area (Å²) in [6, 6.07) is 12.2. The molecule has 0 spiro atoms. The summed E-state index contributed by atoms with van der Waals surface area (Å²) in [6.07, 6.45) is 1.66. The average Bonchev–Trinajstić information content (AvgIpc) is 3.37.